The number of amides is 3. The van der Waals surface area contributed by atoms with Crippen molar-refractivity contribution in [3.63, 3.8) is 0 Å². The largest absolute Gasteiger partial charge is 0.478 e. The van der Waals surface area contributed by atoms with Crippen LogP contribution in [0, 0.1) is 6.92 Å². The molecular formula is C26H23N3O5. The second-order valence-corrected chi connectivity index (χ2v) is 7.99. The number of hydrogen-bond donors (Lipinski definition) is 3. The van der Waals surface area contributed by atoms with E-state index in [-0.39, 0.29) is 27.9 Å². The van der Waals surface area contributed by atoms with Gasteiger partial charge in [-0.15, -0.1) is 0 Å². The molecule has 3 aromatic carbocycles. The predicted octanol–water partition coefficient (Wildman–Crippen LogP) is 4.57. The molecule has 1 aliphatic heterocycles. The highest BCUT2D eigenvalue weighted by atomic mass is 16.4. The van der Waals surface area contributed by atoms with E-state index in [0.29, 0.717) is 17.9 Å². The molecule has 172 valence electrons. The van der Waals surface area contributed by atoms with Gasteiger partial charge in [-0.3, -0.25) is 14.4 Å². The van der Waals surface area contributed by atoms with Crippen LogP contribution in [-0.2, 0) is 0 Å². The normalized spacial score (nSPS) is 12.5. The fraction of sp³-hybridized carbons (Fsp3) is 0.154. The maximum atomic E-state index is 13.1. The van der Waals surface area contributed by atoms with Crippen molar-refractivity contribution in [1.82, 2.24) is 0 Å². The van der Waals surface area contributed by atoms with Crippen LogP contribution in [0.25, 0.3) is 0 Å². The molecule has 8 heteroatoms. The van der Waals surface area contributed by atoms with Gasteiger partial charge in [0.25, 0.3) is 17.7 Å². The van der Waals surface area contributed by atoms with Crippen LogP contribution in [0.3, 0.4) is 0 Å². The Labute approximate surface area is 196 Å². The van der Waals surface area contributed by atoms with Gasteiger partial charge in [0.15, 0.2) is 0 Å². The third kappa shape index (κ3) is 4.25. The topological polar surface area (TPSA) is 116 Å². The average Bonchev–Trinajstić information content (AvgIpc) is 3.08. The molecule has 0 saturated heterocycles. The lowest BCUT2D eigenvalue weighted by Gasteiger charge is -2.18. The molecule has 0 radical (unpaired) electrons. The van der Waals surface area contributed by atoms with E-state index in [1.54, 1.807) is 24.3 Å². The van der Waals surface area contributed by atoms with E-state index >= 15 is 0 Å². The summed E-state index contributed by atoms with van der Waals surface area (Å²) in [7, 11) is 0. The third-order valence-electron chi connectivity index (χ3n) is 5.51. The first-order chi connectivity index (χ1) is 16.3. The number of benzene rings is 3. The van der Waals surface area contributed by atoms with Gasteiger partial charge in [0.1, 0.15) is 0 Å². The van der Waals surface area contributed by atoms with Gasteiger partial charge in [-0.2, -0.15) is 0 Å². The maximum absolute atomic E-state index is 13.1. The third-order valence-corrected chi connectivity index (χ3v) is 5.51. The zero-order valence-corrected chi connectivity index (χ0v) is 18.7. The van der Waals surface area contributed by atoms with E-state index < -0.39 is 23.7 Å². The Hall–Kier alpha value is -4.46. The number of carbonyl (C=O) groups excluding carboxylic acids is 3. The zero-order chi connectivity index (χ0) is 24.4. The molecule has 0 aliphatic carbocycles. The van der Waals surface area contributed by atoms with Gasteiger partial charge in [-0.25, -0.2) is 9.69 Å². The van der Waals surface area contributed by atoms with Crippen molar-refractivity contribution in [3.8, 4) is 0 Å². The number of nitrogens with zero attached hydrogens (tertiary/aromatic N) is 1. The van der Waals surface area contributed by atoms with Crippen molar-refractivity contribution < 1.29 is 24.3 Å². The van der Waals surface area contributed by atoms with E-state index in [1.165, 1.54) is 24.3 Å². The van der Waals surface area contributed by atoms with Crippen molar-refractivity contribution in [1.29, 1.82) is 0 Å². The number of carboxylic acids is 1. The summed E-state index contributed by atoms with van der Waals surface area (Å²) in [6.45, 7) is 4.58. The van der Waals surface area contributed by atoms with Crippen LogP contribution in [0.15, 0.2) is 60.7 Å². The molecule has 3 N–H and O–H groups in total. The minimum Gasteiger partial charge on any atom is -0.478 e. The summed E-state index contributed by atoms with van der Waals surface area (Å²) >= 11 is 0. The Balaban J connectivity index is 1.70. The standard InChI is InChI=1S/C26H23N3O5/c1-3-12-27-22-11-9-18(14-21(22)23(30)28-17-7-4-15(2)5-8-17)29-24(31)19-10-6-16(26(33)34)13-20(19)25(29)32/h4-11,13-14,27H,3,12H2,1-2H3,(H,28,30)(H,33,34). The first-order valence-electron chi connectivity index (χ1n) is 10.8. The number of nitrogens with one attached hydrogen (secondary N) is 2. The van der Waals surface area contributed by atoms with Crippen LogP contribution < -0.4 is 15.5 Å². The maximum Gasteiger partial charge on any atom is 0.335 e. The molecule has 4 rings (SSSR count). The smallest absolute Gasteiger partial charge is 0.335 e. The highest BCUT2D eigenvalue weighted by Crippen LogP contribution is 2.32. The number of hydrogen-bond acceptors (Lipinski definition) is 5. The molecular weight excluding hydrogens is 434 g/mol. The Morgan fingerprint density at radius 1 is 0.912 bits per heavy atom. The minimum absolute atomic E-state index is 0.0174. The second-order valence-electron chi connectivity index (χ2n) is 7.99. The molecule has 0 atom stereocenters. The Bertz CT molecular complexity index is 1310. The number of carbonyl (C=O) groups is 4. The van der Waals surface area contributed by atoms with Gasteiger partial charge < -0.3 is 15.7 Å². The fourth-order valence-corrected chi connectivity index (χ4v) is 3.72. The van der Waals surface area contributed by atoms with Crippen molar-refractivity contribution in [2.45, 2.75) is 20.3 Å². The number of aromatic carboxylic acids is 1. The van der Waals surface area contributed by atoms with Crippen LogP contribution >= 0.6 is 0 Å². The van der Waals surface area contributed by atoms with Gasteiger partial charge >= 0.3 is 5.97 Å². The van der Waals surface area contributed by atoms with Crippen LogP contribution in [0.1, 0.15) is 60.3 Å². The van der Waals surface area contributed by atoms with Crippen molar-refractivity contribution in [2.75, 3.05) is 22.1 Å². The zero-order valence-electron chi connectivity index (χ0n) is 18.7. The highest BCUT2D eigenvalue weighted by Gasteiger charge is 2.37. The number of rotatable bonds is 7. The lowest BCUT2D eigenvalue weighted by Crippen LogP contribution is -2.29. The molecule has 0 aromatic heterocycles. The summed E-state index contributed by atoms with van der Waals surface area (Å²) in [6, 6.07) is 15.9. The molecule has 0 unspecified atom stereocenters. The van der Waals surface area contributed by atoms with E-state index in [9.17, 15) is 24.3 Å². The molecule has 8 nitrogen and oxygen atoms in total. The van der Waals surface area contributed by atoms with E-state index in [2.05, 4.69) is 10.6 Å². The molecule has 1 aliphatic rings. The van der Waals surface area contributed by atoms with Crippen LogP contribution in [0.5, 0.6) is 0 Å². The number of carboxylic acid groups (broad SMARTS) is 1. The van der Waals surface area contributed by atoms with E-state index in [0.717, 1.165) is 16.9 Å². The first kappa shape index (κ1) is 22.7. The summed E-state index contributed by atoms with van der Waals surface area (Å²) in [5.41, 5.74) is 2.79. The Morgan fingerprint density at radius 3 is 2.29 bits per heavy atom. The monoisotopic (exact) mass is 457 g/mol. The number of aryl methyl sites for hydroxylation is 1. The summed E-state index contributed by atoms with van der Waals surface area (Å²) in [5, 5.41) is 15.3. The lowest BCUT2D eigenvalue weighted by molar-refractivity contribution is 0.0696. The summed E-state index contributed by atoms with van der Waals surface area (Å²) in [6.07, 6.45) is 0.838. The molecule has 0 bridgehead atoms. The van der Waals surface area contributed by atoms with Gasteiger partial charge in [0.05, 0.1) is 27.9 Å². The van der Waals surface area contributed by atoms with Gasteiger partial charge in [-0.1, -0.05) is 24.6 Å². The van der Waals surface area contributed by atoms with Gasteiger partial charge in [-0.05, 0) is 61.9 Å². The summed E-state index contributed by atoms with van der Waals surface area (Å²) < 4.78 is 0. The lowest BCUT2D eigenvalue weighted by atomic mass is 10.1. The van der Waals surface area contributed by atoms with Crippen LogP contribution in [-0.4, -0.2) is 35.3 Å². The minimum atomic E-state index is -1.19. The fourth-order valence-electron chi connectivity index (χ4n) is 3.72. The van der Waals surface area contributed by atoms with E-state index in [4.69, 9.17) is 0 Å². The molecule has 3 aromatic rings. The molecule has 0 fully saturated rings. The molecule has 34 heavy (non-hydrogen) atoms. The predicted molar refractivity (Wildman–Crippen MR) is 129 cm³/mol. The molecule has 1 heterocycles. The SMILES string of the molecule is CCCNc1ccc(N2C(=O)c3ccc(C(=O)O)cc3C2=O)cc1C(=O)Nc1ccc(C)cc1. The summed E-state index contributed by atoms with van der Waals surface area (Å²) in [4.78, 5) is 51.4. The van der Waals surface area contributed by atoms with Crippen LogP contribution in [0.2, 0.25) is 0 Å². The van der Waals surface area contributed by atoms with Crippen molar-refractivity contribution in [3.05, 3.63) is 88.5 Å². The van der Waals surface area contributed by atoms with Gasteiger partial charge in [0, 0.05) is 17.9 Å². The molecule has 0 saturated carbocycles. The molecule has 0 spiro atoms. The number of fused-ring (bicyclic) bond motifs is 1. The molecule has 3 amide bonds. The van der Waals surface area contributed by atoms with Gasteiger partial charge in [0.2, 0.25) is 0 Å². The quantitative estimate of drug-likeness (QED) is 0.448. The highest BCUT2D eigenvalue weighted by molar-refractivity contribution is 6.35. The Kier molecular flexibility index (Phi) is 6.14. The van der Waals surface area contributed by atoms with Crippen molar-refractivity contribution >= 4 is 40.8 Å². The Morgan fingerprint density at radius 2 is 1.62 bits per heavy atom. The van der Waals surface area contributed by atoms with Crippen molar-refractivity contribution in [2.24, 2.45) is 0 Å². The van der Waals surface area contributed by atoms with Crippen LogP contribution in [0.4, 0.5) is 17.1 Å². The number of imide groups is 1. The first-order valence-corrected chi connectivity index (χ1v) is 10.8. The summed E-state index contributed by atoms with van der Waals surface area (Å²) in [5.74, 6) is -2.80. The average molecular weight is 457 g/mol. The number of anilines is 3. The second kappa shape index (κ2) is 9.19. The van der Waals surface area contributed by atoms with E-state index in [1.807, 2.05) is 26.0 Å².